The molecule has 2 aliphatic rings. The monoisotopic (exact) mass is 647 g/mol. The Morgan fingerprint density at radius 2 is 1.87 bits per heavy atom. The number of Topliss-reactive ketones (excluding diaryl/α,β-unsaturated/α-hetero) is 1. The number of ketones is 1. The van der Waals surface area contributed by atoms with Crippen LogP contribution in [0.5, 0.6) is 5.75 Å². The highest BCUT2D eigenvalue weighted by molar-refractivity contribution is 7.12. The summed E-state index contributed by atoms with van der Waals surface area (Å²) in [5.74, 6) is -1.09. The molecule has 2 aromatic heterocycles. The van der Waals surface area contributed by atoms with Gasteiger partial charge in [0.15, 0.2) is 5.78 Å². The number of thiazole rings is 1. The summed E-state index contributed by atoms with van der Waals surface area (Å²) >= 11 is 1.34. The van der Waals surface area contributed by atoms with E-state index >= 15 is 0 Å². The molecular weight excluding hydrogens is 607 g/mol. The molecule has 0 amide bonds. The number of anilines is 1. The predicted octanol–water partition coefficient (Wildman–Crippen LogP) is 6.75. The van der Waals surface area contributed by atoms with Crippen molar-refractivity contribution in [3.8, 4) is 17.0 Å². The first-order chi connectivity index (χ1) is 21.0. The molecule has 5 rings (SSSR count). The van der Waals surface area contributed by atoms with Crippen LogP contribution in [0.1, 0.15) is 79.3 Å². The fourth-order valence-electron chi connectivity index (χ4n) is 5.67. The summed E-state index contributed by atoms with van der Waals surface area (Å²) in [7, 11) is 0. The van der Waals surface area contributed by atoms with Gasteiger partial charge in [0.05, 0.1) is 42.6 Å². The third-order valence-corrected chi connectivity index (χ3v) is 9.24. The molecular formula is C32H40F3N5O4S. The minimum absolute atomic E-state index is 0. The van der Waals surface area contributed by atoms with E-state index in [0.717, 1.165) is 30.3 Å². The summed E-state index contributed by atoms with van der Waals surface area (Å²) in [5, 5.41) is 9.72. The van der Waals surface area contributed by atoms with Crippen molar-refractivity contribution in [1.82, 2.24) is 19.9 Å². The number of hydrogen-bond donors (Lipinski definition) is 1. The minimum Gasteiger partial charge on any atom is -0.493 e. The SMILES string of the molecule is C.CCCOc1ccc(-c2nc(CC(=O)c3cnc(N4CCC(C(=O)O)CC4)cn3)sc2CN2CCC[C@H]2C)cc1C(F)(F)F. The van der Waals surface area contributed by atoms with E-state index in [1.165, 1.54) is 29.8 Å². The van der Waals surface area contributed by atoms with Gasteiger partial charge in [-0.2, -0.15) is 13.2 Å². The summed E-state index contributed by atoms with van der Waals surface area (Å²) in [6.07, 6.45) is 1.98. The Bertz CT molecular complexity index is 1470. The maximum absolute atomic E-state index is 14.0. The Hall–Kier alpha value is -3.58. The Labute approximate surface area is 265 Å². The molecule has 0 saturated carbocycles. The van der Waals surface area contributed by atoms with Crippen LogP contribution in [0.3, 0.4) is 0 Å². The smallest absolute Gasteiger partial charge is 0.419 e. The molecule has 1 N–H and O–H groups in total. The fraction of sp³-hybridized carbons (Fsp3) is 0.531. The lowest BCUT2D eigenvalue weighted by Crippen LogP contribution is -2.36. The molecule has 4 heterocycles. The summed E-state index contributed by atoms with van der Waals surface area (Å²) in [6, 6.07) is 4.38. The Morgan fingerprint density at radius 1 is 1.11 bits per heavy atom. The van der Waals surface area contributed by atoms with Gasteiger partial charge in [-0.05, 0) is 63.8 Å². The van der Waals surface area contributed by atoms with E-state index < -0.39 is 17.7 Å². The van der Waals surface area contributed by atoms with Crippen molar-refractivity contribution in [1.29, 1.82) is 0 Å². The van der Waals surface area contributed by atoms with E-state index in [1.807, 2.05) is 11.8 Å². The van der Waals surface area contributed by atoms with Crippen molar-refractivity contribution in [3.05, 3.63) is 51.7 Å². The largest absolute Gasteiger partial charge is 0.493 e. The third-order valence-electron chi connectivity index (χ3n) is 8.20. The molecule has 2 fully saturated rings. The van der Waals surface area contributed by atoms with Crippen molar-refractivity contribution in [2.75, 3.05) is 31.1 Å². The normalized spacial score (nSPS) is 17.7. The van der Waals surface area contributed by atoms with Crippen LogP contribution in [0.4, 0.5) is 19.0 Å². The zero-order valence-corrected chi connectivity index (χ0v) is 25.6. The van der Waals surface area contributed by atoms with Crippen LogP contribution in [0.25, 0.3) is 11.3 Å². The van der Waals surface area contributed by atoms with Crippen LogP contribution in [0.15, 0.2) is 30.6 Å². The van der Waals surface area contributed by atoms with E-state index in [1.54, 1.807) is 6.07 Å². The molecule has 9 nitrogen and oxygen atoms in total. The van der Waals surface area contributed by atoms with E-state index in [-0.39, 0.29) is 43.6 Å². The molecule has 0 radical (unpaired) electrons. The van der Waals surface area contributed by atoms with Gasteiger partial charge in [-0.25, -0.2) is 15.0 Å². The van der Waals surface area contributed by atoms with Crippen LogP contribution in [0.2, 0.25) is 0 Å². The predicted molar refractivity (Wildman–Crippen MR) is 167 cm³/mol. The highest BCUT2D eigenvalue weighted by Crippen LogP contribution is 2.40. The van der Waals surface area contributed by atoms with Gasteiger partial charge in [-0.3, -0.25) is 14.5 Å². The number of aromatic nitrogens is 3. The van der Waals surface area contributed by atoms with Crippen molar-refractivity contribution in [2.24, 2.45) is 5.92 Å². The highest BCUT2D eigenvalue weighted by Gasteiger charge is 2.35. The number of carboxylic acids is 1. The first-order valence-electron chi connectivity index (χ1n) is 14.9. The lowest BCUT2D eigenvalue weighted by atomic mass is 9.97. The average molecular weight is 648 g/mol. The van der Waals surface area contributed by atoms with Crippen molar-refractivity contribution in [3.63, 3.8) is 0 Å². The first kappa shape index (κ1) is 34.3. The van der Waals surface area contributed by atoms with E-state index in [0.29, 0.717) is 67.0 Å². The number of likely N-dealkylation sites (tertiary alicyclic amines) is 1. The molecule has 45 heavy (non-hydrogen) atoms. The van der Waals surface area contributed by atoms with Crippen LogP contribution in [-0.2, 0) is 23.9 Å². The molecule has 13 heteroatoms. The van der Waals surface area contributed by atoms with Crippen LogP contribution in [-0.4, -0.2) is 69.0 Å². The number of aliphatic carboxylic acids is 1. The molecule has 1 atom stereocenters. The van der Waals surface area contributed by atoms with E-state index in [2.05, 4.69) is 21.8 Å². The number of alkyl halides is 3. The molecule has 2 saturated heterocycles. The standard InChI is InChI=1S/C31H36F3N5O4S.CH4/c1-3-13-43-25-7-6-21(14-22(25)31(32,33)34)29-26(18-39-10-4-5-19(39)2)44-28(37-29)15-24(40)23-16-36-27(17-35-23)38-11-8-20(9-12-38)30(41)42;/h6-7,14,16-17,19-20H,3-5,8-13,15,18H2,1-2H3,(H,41,42);1H4/t19-;/m1./s1. The maximum atomic E-state index is 14.0. The van der Waals surface area contributed by atoms with Crippen LogP contribution in [0, 0.1) is 5.92 Å². The summed E-state index contributed by atoms with van der Waals surface area (Å²) < 4.78 is 47.5. The zero-order chi connectivity index (χ0) is 31.4. The Balaban J connectivity index is 0.00000461. The number of carboxylic acid groups (broad SMARTS) is 1. The molecule has 0 aliphatic carbocycles. The Kier molecular flexibility index (Phi) is 11.2. The number of carbonyl (C=O) groups is 2. The number of nitrogens with zero attached hydrogens (tertiary/aromatic N) is 5. The van der Waals surface area contributed by atoms with E-state index in [4.69, 9.17) is 9.72 Å². The van der Waals surface area contributed by atoms with Gasteiger partial charge in [0, 0.05) is 36.1 Å². The number of carbonyl (C=O) groups excluding carboxylic acids is 1. The van der Waals surface area contributed by atoms with Crippen LogP contribution < -0.4 is 9.64 Å². The number of rotatable bonds is 11. The highest BCUT2D eigenvalue weighted by atomic mass is 32.1. The van der Waals surface area contributed by atoms with Gasteiger partial charge < -0.3 is 14.7 Å². The number of hydrogen-bond acceptors (Lipinski definition) is 9. The molecule has 0 unspecified atom stereocenters. The molecule has 2 aliphatic heterocycles. The van der Waals surface area contributed by atoms with Crippen molar-refractivity contribution < 1.29 is 32.6 Å². The minimum atomic E-state index is -4.60. The second-order valence-corrected chi connectivity index (χ2v) is 12.5. The lowest BCUT2D eigenvalue weighted by molar-refractivity contribution is -0.142. The molecule has 3 aromatic rings. The molecule has 0 spiro atoms. The summed E-state index contributed by atoms with van der Waals surface area (Å²) in [4.78, 5) is 42.9. The van der Waals surface area contributed by atoms with Crippen molar-refractivity contribution >= 4 is 28.9 Å². The third kappa shape index (κ3) is 8.18. The van der Waals surface area contributed by atoms with Gasteiger partial charge in [0.2, 0.25) is 0 Å². The van der Waals surface area contributed by atoms with Gasteiger partial charge in [0.1, 0.15) is 22.3 Å². The average Bonchev–Trinajstić information content (AvgIpc) is 3.60. The number of ether oxygens (including phenoxy) is 1. The summed E-state index contributed by atoms with van der Waals surface area (Å²) in [5.41, 5.74) is 0.0824. The topological polar surface area (TPSA) is 109 Å². The maximum Gasteiger partial charge on any atom is 0.419 e. The lowest BCUT2D eigenvalue weighted by Gasteiger charge is -2.30. The van der Waals surface area contributed by atoms with Gasteiger partial charge in [-0.1, -0.05) is 14.4 Å². The molecule has 0 bridgehead atoms. The first-order valence-corrected chi connectivity index (χ1v) is 15.7. The van der Waals surface area contributed by atoms with Crippen molar-refractivity contribution in [2.45, 2.75) is 78.6 Å². The second kappa shape index (κ2) is 14.7. The zero-order valence-electron chi connectivity index (χ0n) is 24.8. The summed E-state index contributed by atoms with van der Waals surface area (Å²) in [6.45, 7) is 6.65. The fourth-order valence-corrected chi connectivity index (χ4v) is 6.78. The molecule has 1 aromatic carbocycles. The Morgan fingerprint density at radius 3 is 2.47 bits per heavy atom. The van der Waals surface area contributed by atoms with E-state index in [9.17, 15) is 27.9 Å². The van der Waals surface area contributed by atoms with Crippen LogP contribution >= 0.6 is 11.3 Å². The number of halogens is 3. The molecule has 244 valence electrons. The van der Waals surface area contributed by atoms with Gasteiger partial charge >= 0.3 is 12.1 Å². The quantitative estimate of drug-likeness (QED) is 0.226. The second-order valence-electron chi connectivity index (χ2n) is 11.4. The number of benzene rings is 1. The van der Waals surface area contributed by atoms with Gasteiger partial charge in [0.25, 0.3) is 0 Å². The van der Waals surface area contributed by atoms with Gasteiger partial charge in [-0.15, -0.1) is 11.3 Å². The number of piperidine rings is 1.